The molecule has 1 amide bonds. The summed E-state index contributed by atoms with van der Waals surface area (Å²) in [4.78, 5) is 12.0. The summed E-state index contributed by atoms with van der Waals surface area (Å²) >= 11 is 0. The Hall–Kier alpha value is -1.79. The van der Waals surface area contributed by atoms with Gasteiger partial charge in [-0.15, -0.1) is 0 Å². The first kappa shape index (κ1) is 12.7. The lowest BCUT2D eigenvalue weighted by Gasteiger charge is -2.12. The van der Waals surface area contributed by atoms with Gasteiger partial charge in [0.05, 0.1) is 6.54 Å². The highest BCUT2D eigenvalue weighted by Gasteiger charge is 2.28. The minimum Gasteiger partial charge on any atom is -0.349 e. The van der Waals surface area contributed by atoms with E-state index in [4.69, 9.17) is 5.73 Å². The van der Waals surface area contributed by atoms with Crippen LogP contribution in [0.4, 0.5) is 0 Å². The van der Waals surface area contributed by atoms with Crippen molar-refractivity contribution in [3.05, 3.63) is 35.4 Å². The molecule has 0 radical (unpaired) electrons. The first-order chi connectivity index (χ1) is 8.70. The first-order valence-electron chi connectivity index (χ1n) is 6.30. The highest BCUT2D eigenvalue weighted by molar-refractivity contribution is 5.94. The summed E-state index contributed by atoms with van der Waals surface area (Å²) < 4.78 is 0. The number of nitrogens with two attached hydrogens (primary N) is 1. The molecule has 2 rings (SSSR count). The van der Waals surface area contributed by atoms with E-state index in [9.17, 15) is 4.79 Å². The molecule has 1 aliphatic rings. The lowest BCUT2D eigenvalue weighted by Crippen LogP contribution is -2.33. The number of hydrogen-bond acceptors (Lipinski definition) is 2. The van der Waals surface area contributed by atoms with Crippen LogP contribution in [0.3, 0.4) is 0 Å². The van der Waals surface area contributed by atoms with Gasteiger partial charge >= 0.3 is 0 Å². The minimum absolute atomic E-state index is 0.0224. The predicted octanol–water partition coefficient (Wildman–Crippen LogP) is 1.53. The highest BCUT2D eigenvalue weighted by atomic mass is 16.1. The van der Waals surface area contributed by atoms with Gasteiger partial charge in [0, 0.05) is 17.2 Å². The number of hydrogen-bond donors (Lipinski definition) is 2. The van der Waals surface area contributed by atoms with Crippen LogP contribution >= 0.6 is 0 Å². The second-order valence-electron chi connectivity index (χ2n) is 4.69. The lowest BCUT2D eigenvalue weighted by molar-refractivity contribution is 0.0936. The van der Waals surface area contributed by atoms with Crippen molar-refractivity contribution >= 4 is 5.91 Å². The maximum Gasteiger partial charge on any atom is 0.251 e. The van der Waals surface area contributed by atoms with Crippen LogP contribution < -0.4 is 11.1 Å². The molecule has 0 saturated heterocycles. The van der Waals surface area contributed by atoms with Gasteiger partial charge in [-0.3, -0.25) is 4.79 Å². The zero-order chi connectivity index (χ0) is 13.0. The number of rotatable bonds is 3. The molecule has 94 valence electrons. The Morgan fingerprint density at radius 2 is 2.33 bits per heavy atom. The summed E-state index contributed by atoms with van der Waals surface area (Å²) in [6, 6.07) is 7.59. The molecule has 0 aliphatic heterocycles. The van der Waals surface area contributed by atoms with Gasteiger partial charge in [0.25, 0.3) is 5.91 Å². The third-order valence-electron chi connectivity index (χ3n) is 3.15. The molecule has 0 heterocycles. The Morgan fingerprint density at radius 1 is 1.56 bits per heavy atom. The molecule has 1 aliphatic carbocycles. The zero-order valence-corrected chi connectivity index (χ0v) is 10.6. The summed E-state index contributed by atoms with van der Waals surface area (Å²) in [5, 5.41) is 3.03. The normalized spacial score (nSPS) is 15.4. The quantitative estimate of drug-likeness (QED) is 0.790. The van der Waals surface area contributed by atoms with Crippen LogP contribution in [0, 0.1) is 17.8 Å². The van der Waals surface area contributed by atoms with Crippen molar-refractivity contribution in [2.45, 2.75) is 25.8 Å². The van der Waals surface area contributed by atoms with Crippen LogP contribution in [-0.2, 0) is 0 Å². The summed E-state index contributed by atoms with van der Waals surface area (Å²) in [6.07, 6.45) is 2.45. The molecule has 1 aromatic rings. The van der Waals surface area contributed by atoms with Gasteiger partial charge in [-0.25, -0.2) is 0 Å². The number of benzene rings is 1. The van der Waals surface area contributed by atoms with Crippen molar-refractivity contribution in [3.63, 3.8) is 0 Å². The van der Waals surface area contributed by atoms with E-state index in [1.54, 1.807) is 6.07 Å². The first-order valence-corrected chi connectivity index (χ1v) is 6.30. The molecule has 18 heavy (non-hydrogen) atoms. The smallest absolute Gasteiger partial charge is 0.251 e. The van der Waals surface area contributed by atoms with E-state index in [2.05, 4.69) is 24.1 Å². The minimum atomic E-state index is -0.0224. The fourth-order valence-corrected chi connectivity index (χ4v) is 1.90. The van der Waals surface area contributed by atoms with Gasteiger partial charge in [0.1, 0.15) is 0 Å². The summed E-state index contributed by atoms with van der Waals surface area (Å²) in [6.45, 7) is 2.39. The molecule has 1 atom stereocenters. The van der Waals surface area contributed by atoms with Gasteiger partial charge in [-0.05, 0) is 43.9 Å². The molecule has 3 nitrogen and oxygen atoms in total. The van der Waals surface area contributed by atoms with Crippen LogP contribution in [0.5, 0.6) is 0 Å². The van der Waals surface area contributed by atoms with Crippen LogP contribution in [0.15, 0.2) is 24.3 Å². The topological polar surface area (TPSA) is 55.1 Å². The van der Waals surface area contributed by atoms with E-state index >= 15 is 0 Å². The number of amides is 1. The van der Waals surface area contributed by atoms with Crippen molar-refractivity contribution in [1.29, 1.82) is 0 Å². The van der Waals surface area contributed by atoms with Gasteiger partial charge in [-0.2, -0.15) is 0 Å². The molecule has 0 bridgehead atoms. The fourth-order valence-electron chi connectivity index (χ4n) is 1.90. The Kier molecular flexibility index (Phi) is 4.01. The zero-order valence-electron chi connectivity index (χ0n) is 10.6. The van der Waals surface area contributed by atoms with Crippen LogP contribution in [-0.4, -0.2) is 18.5 Å². The number of carbonyl (C=O) groups excluding carboxylic acids is 1. The van der Waals surface area contributed by atoms with E-state index in [0.29, 0.717) is 18.0 Å². The molecule has 1 unspecified atom stereocenters. The standard InChI is InChI=1S/C15H18N2O/c1-11(13-7-8-13)17-15(18)14-6-2-4-12(10-14)5-3-9-16/h2,4,6,10-11,13H,7-9,16H2,1H3,(H,17,18). The fraction of sp³-hybridized carbons (Fsp3) is 0.400. The molecule has 0 aromatic heterocycles. The Labute approximate surface area is 108 Å². The van der Waals surface area contributed by atoms with Crippen molar-refractivity contribution < 1.29 is 4.79 Å². The van der Waals surface area contributed by atoms with Gasteiger partial charge in [0.2, 0.25) is 0 Å². The molecular formula is C15H18N2O. The average molecular weight is 242 g/mol. The molecule has 0 spiro atoms. The lowest BCUT2D eigenvalue weighted by atomic mass is 10.1. The van der Waals surface area contributed by atoms with E-state index in [0.717, 1.165) is 5.56 Å². The van der Waals surface area contributed by atoms with Gasteiger partial charge < -0.3 is 11.1 Å². The number of carbonyl (C=O) groups is 1. The van der Waals surface area contributed by atoms with E-state index in [1.807, 2.05) is 18.2 Å². The summed E-state index contributed by atoms with van der Waals surface area (Å²) in [5.74, 6) is 6.36. The van der Waals surface area contributed by atoms with Crippen molar-refractivity contribution in [1.82, 2.24) is 5.32 Å². The maximum atomic E-state index is 12.0. The van der Waals surface area contributed by atoms with Crippen LogP contribution in [0.1, 0.15) is 35.7 Å². The number of nitrogens with one attached hydrogen (secondary N) is 1. The summed E-state index contributed by atoms with van der Waals surface area (Å²) in [7, 11) is 0. The van der Waals surface area contributed by atoms with Crippen molar-refractivity contribution in [2.24, 2.45) is 11.7 Å². The van der Waals surface area contributed by atoms with Crippen molar-refractivity contribution in [2.75, 3.05) is 6.54 Å². The second kappa shape index (κ2) is 5.70. The van der Waals surface area contributed by atoms with Gasteiger partial charge in [-0.1, -0.05) is 17.9 Å². The maximum absolute atomic E-state index is 12.0. The predicted molar refractivity (Wildman–Crippen MR) is 72.0 cm³/mol. The molecule has 3 heteroatoms. The molecular weight excluding hydrogens is 224 g/mol. The van der Waals surface area contributed by atoms with E-state index in [1.165, 1.54) is 12.8 Å². The van der Waals surface area contributed by atoms with Gasteiger partial charge in [0.15, 0.2) is 0 Å². The molecule has 1 aromatic carbocycles. The Morgan fingerprint density at radius 3 is 3.00 bits per heavy atom. The van der Waals surface area contributed by atoms with Crippen molar-refractivity contribution in [3.8, 4) is 11.8 Å². The third-order valence-corrected chi connectivity index (χ3v) is 3.15. The Bertz CT molecular complexity index is 495. The Balaban J connectivity index is 2.04. The highest BCUT2D eigenvalue weighted by Crippen LogP contribution is 2.32. The van der Waals surface area contributed by atoms with Crippen LogP contribution in [0.2, 0.25) is 0 Å². The SMILES string of the molecule is CC(NC(=O)c1cccc(C#CCN)c1)C1CC1. The third kappa shape index (κ3) is 3.35. The monoisotopic (exact) mass is 242 g/mol. The molecule has 1 fully saturated rings. The molecule has 1 saturated carbocycles. The summed E-state index contributed by atoms with van der Waals surface area (Å²) in [5.41, 5.74) is 6.81. The second-order valence-corrected chi connectivity index (χ2v) is 4.69. The average Bonchev–Trinajstić information content (AvgIpc) is 3.21. The molecule has 3 N–H and O–H groups in total. The van der Waals surface area contributed by atoms with Crippen LogP contribution in [0.25, 0.3) is 0 Å². The van der Waals surface area contributed by atoms with E-state index < -0.39 is 0 Å². The van der Waals surface area contributed by atoms with E-state index in [-0.39, 0.29) is 11.9 Å². The largest absolute Gasteiger partial charge is 0.349 e.